The van der Waals surface area contributed by atoms with E-state index in [2.05, 4.69) is 5.32 Å². The Bertz CT molecular complexity index is 316. The molecule has 3 N–H and O–H groups in total. The largest absolute Gasteiger partial charge is 0.495 e. The zero-order chi connectivity index (χ0) is 11.8. The molecule has 0 saturated carbocycles. The van der Waals surface area contributed by atoms with Crippen LogP contribution in [0.4, 0.5) is 11.4 Å². The predicted molar refractivity (Wildman–Crippen MR) is 67.0 cm³/mol. The van der Waals surface area contributed by atoms with Crippen molar-refractivity contribution >= 4 is 11.4 Å². The molecule has 0 saturated heterocycles. The Hall–Kier alpha value is -1.42. The average molecular weight is 224 g/mol. The molecule has 1 aromatic carbocycles. The summed E-state index contributed by atoms with van der Waals surface area (Å²) in [7, 11) is 1.62. The van der Waals surface area contributed by atoms with Crippen molar-refractivity contribution in [3.8, 4) is 5.75 Å². The lowest BCUT2D eigenvalue weighted by Gasteiger charge is -2.11. The van der Waals surface area contributed by atoms with Gasteiger partial charge >= 0.3 is 0 Å². The third-order valence-electron chi connectivity index (χ3n) is 2.27. The lowest BCUT2D eigenvalue weighted by atomic mass is 10.2. The Kier molecular flexibility index (Phi) is 5.50. The van der Waals surface area contributed by atoms with E-state index in [-0.39, 0.29) is 0 Å². The summed E-state index contributed by atoms with van der Waals surface area (Å²) in [5, 5.41) is 3.26. The second-order valence-electron chi connectivity index (χ2n) is 3.40. The molecule has 0 heterocycles. The van der Waals surface area contributed by atoms with Gasteiger partial charge in [0.1, 0.15) is 5.75 Å². The van der Waals surface area contributed by atoms with Gasteiger partial charge in [-0.25, -0.2) is 0 Å². The number of hydrogen-bond donors (Lipinski definition) is 2. The number of benzene rings is 1. The van der Waals surface area contributed by atoms with Gasteiger partial charge in [0.05, 0.1) is 18.5 Å². The fourth-order valence-electron chi connectivity index (χ4n) is 1.42. The fourth-order valence-corrected chi connectivity index (χ4v) is 1.42. The average Bonchev–Trinajstić information content (AvgIpc) is 2.31. The Morgan fingerprint density at radius 2 is 2.19 bits per heavy atom. The first kappa shape index (κ1) is 12.6. The molecule has 0 atom stereocenters. The predicted octanol–water partition coefficient (Wildman–Crippen LogP) is 2.12. The van der Waals surface area contributed by atoms with Gasteiger partial charge in [0, 0.05) is 19.8 Å². The van der Waals surface area contributed by atoms with Crippen molar-refractivity contribution in [2.24, 2.45) is 0 Å². The molecular weight excluding hydrogens is 204 g/mol. The molecular formula is C12H20N2O2. The van der Waals surface area contributed by atoms with Gasteiger partial charge in [0.2, 0.25) is 0 Å². The van der Waals surface area contributed by atoms with Gasteiger partial charge in [0.25, 0.3) is 0 Å². The molecule has 90 valence electrons. The van der Waals surface area contributed by atoms with Crippen LogP contribution in [0.2, 0.25) is 0 Å². The van der Waals surface area contributed by atoms with Crippen LogP contribution in [0, 0.1) is 0 Å². The van der Waals surface area contributed by atoms with Crippen molar-refractivity contribution in [2.45, 2.75) is 13.3 Å². The monoisotopic (exact) mass is 224 g/mol. The molecule has 0 aliphatic heterocycles. The van der Waals surface area contributed by atoms with Crippen LogP contribution in [0.1, 0.15) is 13.3 Å². The second kappa shape index (κ2) is 6.95. The van der Waals surface area contributed by atoms with Gasteiger partial charge in [-0.05, 0) is 25.5 Å². The van der Waals surface area contributed by atoms with E-state index in [0.29, 0.717) is 11.4 Å². The van der Waals surface area contributed by atoms with E-state index < -0.39 is 0 Å². The van der Waals surface area contributed by atoms with Crippen LogP contribution in [-0.4, -0.2) is 26.9 Å². The number of ether oxygens (including phenoxy) is 2. The van der Waals surface area contributed by atoms with Crippen LogP contribution < -0.4 is 15.8 Å². The molecule has 0 bridgehead atoms. The van der Waals surface area contributed by atoms with E-state index in [9.17, 15) is 0 Å². The molecule has 0 fully saturated rings. The number of nitrogens with one attached hydrogen (secondary N) is 1. The zero-order valence-corrected chi connectivity index (χ0v) is 9.95. The van der Waals surface area contributed by atoms with Crippen molar-refractivity contribution in [2.75, 3.05) is 37.9 Å². The van der Waals surface area contributed by atoms with Crippen LogP contribution in [0.15, 0.2) is 18.2 Å². The highest BCUT2D eigenvalue weighted by Gasteiger charge is 2.03. The number of anilines is 2. The third kappa shape index (κ3) is 3.62. The summed E-state index contributed by atoms with van der Waals surface area (Å²) in [5.74, 6) is 0.704. The van der Waals surface area contributed by atoms with E-state index in [1.54, 1.807) is 7.11 Å². The molecule has 0 radical (unpaired) electrons. The minimum atomic E-state index is 0.654. The molecule has 0 aliphatic rings. The molecule has 0 unspecified atom stereocenters. The van der Waals surface area contributed by atoms with E-state index >= 15 is 0 Å². The highest BCUT2D eigenvalue weighted by Crippen LogP contribution is 2.28. The van der Waals surface area contributed by atoms with E-state index in [0.717, 1.165) is 31.9 Å². The molecule has 4 nitrogen and oxygen atoms in total. The van der Waals surface area contributed by atoms with Crippen molar-refractivity contribution in [3.63, 3.8) is 0 Å². The Morgan fingerprint density at radius 3 is 2.88 bits per heavy atom. The topological polar surface area (TPSA) is 56.5 Å². The van der Waals surface area contributed by atoms with E-state index in [1.165, 1.54) is 0 Å². The van der Waals surface area contributed by atoms with Crippen LogP contribution in [-0.2, 0) is 4.74 Å². The molecule has 0 aliphatic carbocycles. The first-order valence-electron chi connectivity index (χ1n) is 5.53. The summed E-state index contributed by atoms with van der Waals surface area (Å²) in [6.07, 6.45) is 0.963. The lowest BCUT2D eigenvalue weighted by Crippen LogP contribution is -2.07. The van der Waals surface area contributed by atoms with E-state index in [4.69, 9.17) is 15.2 Å². The highest BCUT2D eigenvalue weighted by molar-refractivity contribution is 5.72. The molecule has 1 rings (SSSR count). The number of para-hydroxylation sites is 1. The number of nitrogen functional groups attached to an aromatic ring is 1. The maximum absolute atomic E-state index is 5.92. The van der Waals surface area contributed by atoms with Gasteiger partial charge in [0.15, 0.2) is 0 Å². The van der Waals surface area contributed by atoms with E-state index in [1.807, 2.05) is 25.1 Å². The maximum atomic E-state index is 5.92. The highest BCUT2D eigenvalue weighted by atomic mass is 16.5. The minimum absolute atomic E-state index is 0.654. The van der Waals surface area contributed by atoms with Crippen LogP contribution >= 0.6 is 0 Å². The Labute approximate surface area is 96.7 Å². The van der Waals surface area contributed by atoms with Gasteiger partial charge in [-0.3, -0.25) is 0 Å². The van der Waals surface area contributed by atoms with Gasteiger partial charge in [-0.2, -0.15) is 0 Å². The number of methoxy groups -OCH3 is 1. The second-order valence-corrected chi connectivity index (χ2v) is 3.40. The lowest BCUT2D eigenvalue weighted by molar-refractivity contribution is 0.147. The third-order valence-corrected chi connectivity index (χ3v) is 2.27. The Morgan fingerprint density at radius 1 is 1.38 bits per heavy atom. The molecule has 0 amide bonds. The summed E-state index contributed by atoms with van der Waals surface area (Å²) < 4.78 is 10.4. The summed E-state index contributed by atoms with van der Waals surface area (Å²) in [6, 6.07) is 5.71. The summed E-state index contributed by atoms with van der Waals surface area (Å²) in [6.45, 7) is 4.37. The van der Waals surface area contributed by atoms with Crippen LogP contribution in [0.5, 0.6) is 5.75 Å². The summed E-state index contributed by atoms with van der Waals surface area (Å²) in [5.41, 5.74) is 7.48. The maximum Gasteiger partial charge on any atom is 0.143 e. The summed E-state index contributed by atoms with van der Waals surface area (Å²) in [4.78, 5) is 0. The number of rotatable bonds is 7. The summed E-state index contributed by atoms with van der Waals surface area (Å²) >= 11 is 0. The molecule has 4 heteroatoms. The molecule has 1 aromatic rings. The first-order chi connectivity index (χ1) is 7.79. The smallest absolute Gasteiger partial charge is 0.143 e. The molecule has 0 spiro atoms. The molecule has 16 heavy (non-hydrogen) atoms. The fraction of sp³-hybridized carbons (Fsp3) is 0.500. The van der Waals surface area contributed by atoms with Gasteiger partial charge in [-0.1, -0.05) is 6.07 Å². The quantitative estimate of drug-likeness (QED) is 0.550. The normalized spacial score (nSPS) is 10.1. The SMILES string of the molecule is CCOCCCNc1cccc(OC)c1N. The van der Waals surface area contributed by atoms with Gasteiger partial charge in [-0.15, -0.1) is 0 Å². The number of hydrogen-bond acceptors (Lipinski definition) is 4. The van der Waals surface area contributed by atoms with Crippen molar-refractivity contribution in [1.82, 2.24) is 0 Å². The zero-order valence-electron chi connectivity index (χ0n) is 9.95. The van der Waals surface area contributed by atoms with Crippen molar-refractivity contribution in [3.05, 3.63) is 18.2 Å². The number of nitrogens with two attached hydrogens (primary N) is 1. The van der Waals surface area contributed by atoms with Crippen LogP contribution in [0.3, 0.4) is 0 Å². The minimum Gasteiger partial charge on any atom is -0.495 e. The van der Waals surface area contributed by atoms with Crippen molar-refractivity contribution < 1.29 is 9.47 Å². The van der Waals surface area contributed by atoms with Gasteiger partial charge < -0.3 is 20.5 Å². The van der Waals surface area contributed by atoms with Crippen LogP contribution in [0.25, 0.3) is 0 Å². The van der Waals surface area contributed by atoms with Crippen molar-refractivity contribution in [1.29, 1.82) is 0 Å². The Balaban J connectivity index is 2.41. The molecule has 0 aromatic heterocycles. The first-order valence-corrected chi connectivity index (χ1v) is 5.53. The standard InChI is InChI=1S/C12H20N2O2/c1-3-16-9-5-8-14-10-6-4-7-11(15-2)12(10)13/h4,6-7,14H,3,5,8-9,13H2,1-2H3.